The van der Waals surface area contributed by atoms with Crippen LogP contribution in [0.5, 0.6) is 5.75 Å². The van der Waals surface area contributed by atoms with Crippen LogP contribution in [0.25, 0.3) is 11.3 Å². The number of aromatic hydroxyl groups is 1. The number of halogens is 1. The second-order valence-corrected chi connectivity index (χ2v) is 10.6. The SMILES string of the molecule is CC(C)(C)c1cc(-c2cn(F)c([C@@H](N)C3CCCCC3)n2)cc(C(C)(C)C)c1O. The van der Waals surface area contributed by atoms with Crippen LogP contribution in [-0.2, 0) is 10.8 Å². The molecule has 0 bridgehead atoms. The highest BCUT2D eigenvalue weighted by Crippen LogP contribution is 2.42. The fraction of sp³-hybridized carbons (Fsp3) is 0.625. The van der Waals surface area contributed by atoms with E-state index in [4.69, 9.17) is 5.73 Å². The van der Waals surface area contributed by atoms with Gasteiger partial charge >= 0.3 is 0 Å². The summed E-state index contributed by atoms with van der Waals surface area (Å²) in [5, 5.41) is 10.9. The molecule has 1 heterocycles. The molecule has 1 aromatic heterocycles. The highest BCUT2D eigenvalue weighted by atomic mass is 19.2. The van der Waals surface area contributed by atoms with Crippen LogP contribution in [-0.4, -0.2) is 14.9 Å². The molecular weight excluding hydrogens is 365 g/mol. The van der Waals surface area contributed by atoms with E-state index in [1.165, 1.54) is 12.6 Å². The number of phenols is 1. The fourth-order valence-electron chi connectivity index (χ4n) is 4.36. The molecule has 0 saturated heterocycles. The normalized spacial score (nSPS) is 17.5. The maximum Gasteiger partial charge on any atom is 0.156 e. The van der Waals surface area contributed by atoms with E-state index >= 15 is 0 Å². The number of phenolic OH excluding ortho intramolecular Hbond substituents is 1. The molecule has 1 fully saturated rings. The minimum atomic E-state index is -0.393. The van der Waals surface area contributed by atoms with Crippen LogP contribution in [0.15, 0.2) is 18.3 Å². The molecule has 4 nitrogen and oxygen atoms in total. The molecule has 29 heavy (non-hydrogen) atoms. The smallest absolute Gasteiger partial charge is 0.156 e. The van der Waals surface area contributed by atoms with E-state index in [0.717, 1.165) is 42.4 Å². The summed E-state index contributed by atoms with van der Waals surface area (Å²) in [6.45, 7) is 12.4. The first-order valence-corrected chi connectivity index (χ1v) is 10.8. The maximum atomic E-state index is 14.8. The number of imidazole rings is 1. The van der Waals surface area contributed by atoms with E-state index in [9.17, 15) is 9.59 Å². The van der Waals surface area contributed by atoms with Crippen molar-refractivity contribution in [1.29, 1.82) is 0 Å². The Morgan fingerprint density at radius 3 is 2.03 bits per heavy atom. The van der Waals surface area contributed by atoms with Crippen molar-refractivity contribution in [3.8, 4) is 17.0 Å². The quantitative estimate of drug-likeness (QED) is 0.647. The molecule has 1 aliphatic rings. The van der Waals surface area contributed by atoms with Crippen molar-refractivity contribution >= 4 is 0 Å². The van der Waals surface area contributed by atoms with Gasteiger partial charge in [0.05, 0.1) is 17.9 Å². The number of nitrogens with zero attached hydrogens (tertiary/aromatic N) is 2. The summed E-state index contributed by atoms with van der Waals surface area (Å²) in [6, 6.07) is 3.47. The van der Waals surface area contributed by atoms with Gasteiger partial charge in [0.25, 0.3) is 0 Å². The Bertz CT molecular complexity index is 832. The van der Waals surface area contributed by atoms with Crippen molar-refractivity contribution in [2.24, 2.45) is 11.7 Å². The second kappa shape index (κ2) is 7.75. The van der Waals surface area contributed by atoms with Crippen molar-refractivity contribution in [3.05, 3.63) is 35.3 Å². The molecule has 3 rings (SSSR count). The van der Waals surface area contributed by atoms with Gasteiger partial charge < -0.3 is 10.8 Å². The second-order valence-electron chi connectivity index (χ2n) is 10.6. The summed E-state index contributed by atoms with van der Waals surface area (Å²) in [5.74, 6) is 0.894. The summed E-state index contributed by atoms with van der Waals surface area (Å²) >= 11 is 0. The molecular formula is C24H36FN3O. The molecule has 0 aliphatic heterocycles. The van der Waals surface area contributed by atoms with E-state index < -0.39 is 6.04 Å². The summed E-state index contributed by atoms with van der Waals surface area (Å²) in [5.41, 5.74) is 8.97. The summed E-state index contributed by atoms with van der Waals surface area (Å²) in [6.07, 6.45) is 7.02. The van der Waals surface area contributed by atoms with Crippen LogP contribution in [0.2, 0.25) is 0 Å². The summed E-state index contributed by atoms with van der Waals surface area (Å²) < 4.78 is 14.8. The predicted octanol–water partition coefficient (Wildman–Crippen LogP) is 6.16. The van der Waals surface area contributed by atoms with Gasteiger partial charge in [0, 0.05) is 16.7 Å². The van der Waals surface area contributed by atoms with Gasteiger partial charge in [-0.05, 0) is 41.7 Å². The van der Waals surface area contributed by atoms with Crippen LogP contribution >= 0.6 is 0 Å². The molecule has 0 unspecified atom stereocenters. The van der Waals surface area contributed by atoms with Gasteiger partial charge in [0.15, 0.2) is 5.82 Å². The molecule has 3 N–H and O–H groups in total. The van der Waals surface area contributed by atoms with Gasteiger partial charge in [-0.3, -0.25) is 0 Å². The van der Waals surface area contributed by atoms with E-state index in [2.05, 4.69) is 46.5 Å². The average molecular weight is 402 g/mol. The first-order valence-electron chi connectivity index (χ1n) is 10.8. The maximum absolute atomic E-state index is 14.8. The monoisotopic (exact) mass is 401 g/mol. The molecule has 160 valence electrons. The van der Waals surface area contributed by atoms with Gasteiger partial charge in [-0.25, -0.2) is 4.98 Å². The van der Waals surface area contributed by atoms with E-state index in [-0.39, 0.29) is 16.7 Å². The van der Waals surface area contributed by atoms with Crippen molar-refractivity contribution in [3.63, 3.8) is 0 Å². The van der Waals surface area contributed by atoms with Gasteiger partial charge in [-0.2, -0.15) is 4.79 Å². The third-order valence-corrected chi connectivity index (χ3v) is 6.17. The number of benzene rings is 1. The Hall–Kier alpha value is -1.88. The predicted molar refractivity (Wildman–Crippen MR) is 117 cm³/mol. The zero-order valence-corrected chi connectivity index (χ0v) is 18.7. The highest BCUT2D eigenvalue weighted by molar-refractivity contribution is 5.66. The molecule has 5 heteroatoms. The van der Waals surface area contributed by atoms with E-state index in [1.807, 2.05) is 12.1 Å². The number of hydrogen-bond donors (Lipinski definition) is 2. The molecule has 2 aromatic rings. The minimum Gasteiger partial charge on any atom is -0.507 e. The topological polar surface area (TPSA) is 64.1 Å². The van der Waals surface area contributed by atoms with Crippen molar-refractivity contribution in [2.45, 2.75) is 90.5 Å². The van der Waals surface area contributed by atoms with Crippen molar-refractivity contribution in [2.75, 3.05) is 0 Å². The zero-order valence-electron chi connectivity index (χ0n) is 18.7. The summed E-state index contributed by atoms with van der Waals surface area (Å²) in [7, 11) is 0. The third kappa shape index (κ3) is 4.50. The largest absolute Gasteiger partial charge is 0.507 e. The van der Waals surface area contributed by atoms with E-state index in [0.29, 0.717) is 22.1 Å². The summed E-state index contributed by atoms with van der Waals surface area (Å²) in [4.78, 5) is 5.20. The van der Waals surface area contributed by atoms with Gasteiger partial charge in [-0.15, -0.1) is 0 Å². The lowest BCUT2D eigenvalue weighted by atomic mass is 9.78. The van der Waals surface area contributed by atoms with Gasteiger partial charge in [-0.1, -0.05) is 65.3 Å². The van der Waals surface area contributed by atoms with Gasteiger partial charge in [0.1, 0.15) is 5.75 Å². The number of hydrogen-bond acceptors (Lipinski definition) is 3. The van der Waals surface area contributed by atoms with Crippen LogP contribution < -0.4 is 5.73 Å². The first kappa shape index (κ1) is 21.8. The third-order valence-electron chi connectivity index (χ3n) is 6.17. The lowest BCUT2D eigenvalue weighted by molar-refractivity contribution is 0.267. The van der Waals surface area contributed by atoms with Crippen molar-refractivity contribution in [1.82, 2.24) is 9.77 Å². The Morgan fingerprint density at radius 2 is 1.55 bits per heavy atom. The fourth-order valence-corrected chi connectivity index (χ4v) is 4.36. The van der Waals surface area contributed by atoms with Crippen LogP contribution in [0.4, 0.5) is 4.48 Å². The molecule has 0 radical (unpaired) electrons. The Labute approximate surface area is 174 Å². The molecule has 1 aromatic carbocycles. The van der Waals surface area contributed by atoms with Gasteiger partial charge in [0.2, 0.25) is 0 Å². The van der Waals surface area contributed by atoms with Crippen LogP contribution in [0, 0.1) is 5.92 Å². The Balaban J connectivity index is 2.07. The molecule has 1 aliphatic carbocycles. The number of rotatable bonds is 3. The van der Waals surface area contributed by atoms with E-state index in [1.54, 1.807) is 0 Å². The Kier molecular flexibility index (Phi) is 5.83. The first-order chi connectivity index (χ1) is 13.4. The Morgan fingerprint density at radius 1 is 1.03 bits per heavy atom. The minimum absolute atomic E-state index is 0.250. The van der Waals surface area contributed by atoms with Crippen LogP contribution in [0.3, 0.4) is 0 Å². The number of aromatic nitrogens is 2. The molecule has 0 spiro atoms. The lowest BCUT2D eigenvalue weighted by Gasteiger charge is -2.28. The number of nitrogens with two attached hydrogens (primary N) is 1. The molecule has 1 saturated carbocycles. The van der Waals surface area contributed by atoms with Crippen molar-refractivity contribution < 1.29 is 9.59 Å². The lowest BCUT2D eigenvalue weighted by Crippen LogP contribution is -2.25. The standard InChI is InChI=1S/C24H36FN3O/c1-23(2,3)17-12-16(13-18(21(17)29)24(4,5)6)19-14-28(25)22(27-19)20(26)15-10-8-7-9-11-15/h12-15,20,29H,7-11,26H2,1-6H3/t20-/m0/s1. The highest BCUT2D eigenvalue weighted by Gasteiger charge is 2.29. The average Bonchev–Trinajstić information content (AvgIpc) is 3.01. The zero-order chi connectivity index (χ0) is 21.6. The molecule has 1 atom stereocenters. The van der Waals surface area contributed by atoms with Crippen LogP contribution in [0.1, 0.15) is 96.6 Å². The molecule has 0 amide bonds.